The number of ketones is 1. The smallest absolute Gasteiger partial charge is 0.273 e. The van der Waals surface area contributed by atoms with E-state index in [4.69, 9.17) is 0 Å². The van der Waals surface area contributed by atoms with Crippen molar-refractivity contribution in [1.29, 1.82) is 0 Å². The first-order chi connectivity index (χ1) is 13.8. The molecule has 0 saturated carbocycles. The van der Waals surface area contributed by atoms with Gasteiger partial charge in [-0.2, -0.15) is 0 Å². The third-order valence-corrected chi connectivity index (χ3v) is 4.48. The molecule has 0 radical (unpaired) electrons. The fourth-order valence-corrected chi connectivity index (χ4v) is 2.97. The average Bonchev–Trinajstić information content (AvgIpc) is 2.59. The van der Waals surface area contributed by atoms with Gasteiger partial charge in [0.25, 0.3) is 11.6 Å². The number of benzene rings is 1. The molecule has 1 aromatic carbocycles. The Morgan fingerprint density at radius 3 is 2.27 bits per heavy atom. The Balaban J connectivity index is 2.17. The number of pyridine rings is 1. The highest BCUT2D eigenvalue weighted by molar-refractivity contribution is 5.93. The minimum atomic E-state index is -0.445. The molecule has 30 heavy (non-hydrogen) atoms. The zero-order valence-electron chi connectivity index (χ0n) is 18.4. The summed E-state index contributed by atoms with van der Waals surface area (Å²) in [5.74, 6) is -0.486. The summed E-state index contributed by atoms with van der Waals surface area (Å²) in [4.78, 5) is 40.0. The van der Waals surface area contributed by atoms with Crippen molar-refractivity contribution in [1.82, 2.24) is 10.3 Å². The van der Waals surface area contributed by atoms with Gasteiger partial charge in [0.2, 0.25) is 0 Å². The highest BCUT2D eigenvalue weighted by atomic mass is 16.6. The van der Waals surface area contributed by atoms with Gasteiger partial charge in [-0.3, -0.25) is 24.7 Å². The van der Waals surface area contributed by atoms with E-state index in [0.29, 0.717) is 11.1 Å². The Bertz CT molecular complexity index is 969. The first-order valence-electron chi connectivity index (χ1n) is 9.83. The molecule has 0 saturated heterocycles. The Hall–Kier alpha value is -3.09. The molecule has 2 aromatic rings. The van der Waals surface area contributed by atoms with Gasteiger partial charge in [0.05, 0.1) is 4.92 Å². The third kappa shape index (κ3) is 6.47. The van der Waals surface area contributed by atoms with Crippen LogP contribution in [-0.2, 0) is 23.1 Å². The first kappa shape index (κ1) is 23.2. The van der Waals surface area contributed by atoms with Crippen molar-refractivity contribution in [2.24, 2.45) is 0 Å². The van der Waals surface area contributed by atoms with Gasteiger partial charge in [-0.15, -0.1) is 0 Å². The maximum Gasteiger partial charge on any atom is 0.273 e. The summed E-state index contributed by atoms with van der Waals surface area (Å²) in [5, 5.41) is 14.3. The lowest BCUT2D eigenvalue weighted by Gasteiger charge is -2.20. The lowest BCUT2D eigenvalue weighted by molar-refractivity contribution is -0.385. The molecule has 0 fully saturated rings. The zero-order valence-corrected chi connectivity index (χ0v) is 18.4. The second-order valence-electron chi connectivity index (χ2n) is 9.50. The van der Waals surface area contributed by atoms with Crippen LogP contribution >= 0.6 is 0 Å². The zero-order chi connectivity index (χ0) is 22.7. The molecule has 0 aliphatic heterocycles. The monoisotopic (exact) mass is 411 g/mol. The molecule has 0 aliphatic rings. The van der Waals surface area contributed by atoms with Crippen LogP contribution in [-0.4, -0.2) is 27.1 Å². The van der Waals surface area contributed by atoms with Gasteiger partial charge in [-0.05, 0) is 49.4 Å². The number of carbonyl (C=O) groups excluding carboxylic acids is 2. The van der Waals surface area contributed by atoms with Gasteiger partial charge in [0, 0.05) is 36.2 Å². The minimum Gasteiger partial charge on any atom is -0.346 e. The molecule has 0 unspecified atom stereocenters. The van der Waals surface area contributed by atoms with Crippen molar-refractivity contribution in [3.8, 4) is 0 Å². The number of aromatic nitrogens is 1. The molecular formula is C23H29N3O4. The molecule has 0 spiro atoms. The van der Waals surface area contributed by atoms with Gasteiger partial charge >= 0.3 is 0 Å². The highest BCUT2D eigenvalue weighted by Crippen LogP contribution is 2.29. The number of nitrogens with one attached hydrogen (secondary N) is 1. The number of nitrogens with zero attached hydrogens (tertiary/aromatic N) is 2. The fraction of sp³-hybridized carbons (Fsp3) is 0.435. The van der Waals surface area contributed by atoms with E-state index in [1.54, 1.807) is 24.3 Å². The third-order valence-electron chi connectivity index (χ3n) is 4.48. The Kier molecular flexibility index (Phi) is 6.75. The molecule has 2 rings (SSSR count). The van der Waals surface area contributed by atoms with E-state index in [-0.39, 0.29) is 41.3 Å². The number of rotatable bonds is 6. The predicted octanol–water partition coefficient (Wildman–Crippen LogP) is 4.17. The lowest BCUT2D eigenvalue weighted by atomic mass is 9.85. The van der Waals surface area contributed by atoms with Crippen molar-refractivity contribution in [2.45, 2.75) is 65.3 Å². The highest BCUT2D eigenvalue weighted by Gasteiger charge is 2.22. The van der Waals surface area contributed by atoms with Crippen molar-refractivity contribution < 1.29 is 14.5 Å². The normalized spacial score (nSPS) is 11.8. The van der Waals surface area contributed by atoms with Crippen LogP contribution in [0, 0.1) is 10.1 Å². The number of hydrogen-bond acceptors (Lipinski definition) is 5. The summed E-state index contributed by atoms with van der Waals surface area (Å²) in [5.41, 5.74) is 1.43. The van der Waals surface area contributed by atoms with Crippen LogP contribution in [0.25, 0.3) is 0 Å². The maximum absolute atomic E-state index is 12.6. The van der Waals surface area contributed by atoms with E-state index >= 15 is 0 Å². The van der Waals surface area contributed by atoms with E-state index < -0.39 is 10.5 Å². The van der Waals surface area contributed by atoms with E-state index in [0.717, 1.165) is 5.56 Å². The Labute approximate surface area is 177 Å². The van der Waals surface area contributed by atoms with Crippen molar-refractivity contribution in [3.05, 3.63) is 69.0 Å². The minimum absolute atomic E-state index is 0.0456. The Morgan fingerprint density at radius 2 is 1.70 bits per heavy atom. The molecule has 1 aromatic heterocycles. The molecule has 7 nitrogen and oxygen atoms in total. The molecule has 0 atom stereocenters. The quantitative estimate of drug-likeness (QED) is 0.568. The number of nitro groups is 1. The standard InChI is InChI=1S/C23H29N3O4/c1-22(2,3)17-8-7-16(20(14-17)26(29)30)13-18(27)11-15-9-10-24-19(12-15)21(28)25-23(4,5)6/h7-10,12,14H,11,13H2,1-6H3,(H,25,28). The summed E-state index contributed by atoms with van der Waals surface area (Å²) < 4.78 is 0. The van der Waals surface area contributed by atoms with Crippen LogP contribution < -0.4 is 5.32 Å². The topological polar surface area (TPSA) is 102 Å². The van der Waals surface area contributed by atoms with E-state index in [9.17, 15) is 19.7 Å². The summed E-state index contributed by atoms with van der Waals surface area (Å²) in [7, 11) is 0. The van der Waals surface area contributed by atoms with Crippen LogP contribution in [0.4, 0.5) is 5.69 Å². The van der Waals surface area contributed by atoms with Gasteiger partial charge in [0.1, 0.15) is 11.5 Å². The Morgan fingerprint density at radius 1 is 1.03 bits per heavy atom. The van der Waals surface area contributed by atoms with E-state index in [1.807, 2.05) is 47.6 Å². The molecule has 160 valence electrons. The van der Waals surface area contributed by atoms with Crippen LogP contribution in [0.15, 0.2) is 36.5 Å². The first-order valence-corrected chi connectivity index (χ1v) is 9.83. The van der Waals surface area contributed by atoms with E-state index in [1.165, 1.54) is 6.20 Å². The second kappa shape index (κ2) is 8.73. The average molecular weight is 412 g/mol. The molecule has 0 aliphatic carbocycles. The van der Waals surface area contributed by atoms with Gasteiger partial charge in [-0.1, -0.05) is 32.9 Å². The van der Waals surface area contributed by atoms with Gasteiger partial charge < -0.3 is 5.32 Å². The molecule has 1 amide bonds. The largest absolute Gasteiger partial charge is 0.346 e. The van der Waals surface area contributed by atoms with Gasteiger partial charge in [-0.25, -0.2) is 0 Å². The summed E-state index contributed by atoms with van der Waals surface area (Å²) in [6.45, 7) is 11.6. The number of nitro benzene ring substituents is 1. The number of Topliss-reactive ketones (excluding diaryl/α,β-unsaturated/α-hetero) is 1. The predicted molar refractivity (Wildman–Crippen MR) is 116 cm³/mol. The maximum atomic E-state index is 12.6. The van der Waals surface area contributed by atoms with Crippen LogP contribution in [0.2, 0.25) is 0 Å². The second-order valence-corrected chi connectivity index (χ2v) is 9.50. The molecular weight excluding hydrogens is 382 g/mol. The summed E-state index contributed by atoms with van der Waals surface area (Å²) in [6, 6.07) is 8.28. The lowest BCUT2D eigenvalue weighted by Crippen LogP contribution is -2.40. The number of hydrogen-bond donors (Lipinski definition) is 1. The van der Waals surface area contributed by atoms with Crippen molar-refractivity contribution in [3.63, 3.8) is 0 Å². The van der Waals surface area contributed by atoms with Gasteiger partial charge in [0.15, 0.2) is 0 Å². The molecule has 1 N–H and O–H groups in total. The molecule has 0 bridgehead atoms. The van der Waals surface area contributed by atoms with Crippen LogP contribution in [0.5, 0.6) is 0 Å². The van der Waals surface area contributed by atoms with E-state index in [2.05, 4.69) is 10.3 Å². The number of amides is 1. The van der Waals surface area contributed by atoms with Crippen molar-refractivity contribution in [2.75, 3.05) is 0 Å². The molecule has 7 heteroatoms. The van der Waals surface area contributed by atoms with Crippen molar-refractivity contribution >= 4 is 17.4 Å². The molecule has 1 heterocycles. The summed E-state index contributed by atoms with van der Waals surface area (Å²) in [6.07, 6.45) is 1.50. The van der Waals surface area contributed by atoms with Crippen LogP contribution in [0.3, 0.4) is 0 Å². The fourth-order valence-electron chi connectivity index (χ4n) is 2.97. The number of carbonyl (C=O) groups is 2. The van der Waals surface area contributed by atoms with Crippen LogP contribution in [0.1, 0.15) is 68.7 Å². The SMILES string of the molecule is CC(C)(C)NC(=O)c1cc(CC(=O)Cc2ccc(C(C)(C)C)cc2[N+](=O)[O-])ccn1. The summed E-state index contributed by atoms with van der Waals surface area (Å²) >= 11 is 0.